The molecule has 51 heavy (non-hydrogen) atoms. The van der Waals surface area contributed by atoms with Crippen LogP contribution in [0.5, 0.6) is 0 Å². The van der Waals surface area contributed by atoms with Gasteiger partial charge in [-0.2, -0.15) is 0 Å². The summed E-state index contributed by atoms with van der Waals surface area (Å²) in [7, 11) is 1.94. The van der Waals surface area contributed by atoms with E-state index < -0.39 is 5.92 Å². The topological polar surface area (TPSA) is 109 Å². The molecule has 1 aliphatic heterocycles. The number of aryl methyl sites for hydroxylation is 1. The van der Waals surface area contributed by atoms with E-state index >= 15 is 0 Å². The van der Waals surface area contributed by atoms with Gasteiger partial charge in [-0.3, -0.25) is 14.3 Å². The number of nitrogens with zero attached hydrogens (tertiary/aromatic N) is 4. The quantitative estimate of drug-likeness (QED) is 0.0519. The zero-order valence-corrected chi connectivity index (χ0v) is 31.6. The molecule has 1 aliphatic rings. The number of nitrogens with two attached hydrogens (primary N) is 3. The SMILES string of the molecule is C=C.CCCC(N)CCCc1cc(C2=C/C(=C/N(C)c3ccc(C(CCC)N(CCCF)CCCN=C(C)N)cc3)C(N)=N2)cc(C(C)(F)F)c1. The van der Waals surface area contributed by atoms with Crippen molar-refractivity contribution in [3.8, 4) is 0 Å². The van der Waals surface area contributed by atoms with Crippen LogP contribution in [0.1, 0.15) is 107 Å². The molecule has 2 aromatic carbocycles. The Bertz CT molecular complexity index is 1460. The van der Waals surface area contributed by atoms with Crippen LogP contribution in [-0.4, -0.2) is 56.0 Å². The minimum atomic E-state index is -2.98. The van der Waals surface area contributed by atoms with Crippen LogP contribution in [0.25, 0.3) is 5.70 Å². The number of alkyl halides is 3. The van der Waals surface area contributed by atoms with Gasteiger partial charge >= 0.3 is 0 Å². The third-order valence-corrected chi connectivity index (χ3v) is 8.89. The molecule has 3 rings (SSSR count). The smallest absolute Gasteiger partial charge is 0.270 e. The van der Waals surface area contributed by atoms with Crippen molar-refractivity contribution < 1.29 is 13.2 Å². The molecule has 10 heteroatoms. The lowest BCUT2D eigenvalue weighted by molar-refractivity contribution is 0.0173. The average molecular weight is 710 g/mol. The minimum Gasteiger partial charge on any atom is -0.388 e. The second-order valence-corrected chi connectivity index (χ2v) is 13.3. The Labute approximate surface area is 305 Å². The maximum Gasteiger partial charge on any atom is 0.270 e. The van der Waals surface area contributed by atoms with Gasteiger partial charge in [0.05, 0.1) is 18.2 Å². The van der Waals surface area contributed by atoms with Crippen LogP contribution in [0.15, 0.2) is 83.5 Å². The van der Waals surface area contributed by atoms with Crippen LogP contribution >= 0.6 is 0 Å². The van der Waals surface area contributed by atoms with Gasteiger partial charge in [-0.05, 0) is 99.4 Å². The second-order valence-electron chi connectivity index (χ2n) is 13.3. The first-order valence-corrected chi connectivity index (χ1v) is 18.3. The van der Waals surface area contributed by atoms with E-state index in [2.05, 4.69) is 66.2 Å². The maximum absolute atomic E-state index is 14.5. The van der Waals surface area contributed by atoms with Gasteiger partial charge in [0, 0.05) is 74.3 Å². The summed E-state index contributed by atoms with van der Waals surface area (Å²) in [6, 6.07) is 13.7. The molecule has 0 bridgehead atoms. The lowest BCUT2D eigenvalue weighted by Crippen LogP contribution is -2.31. The van der Waals surface area contributed by atoms with Gasteiger partial charge in [-0.1, -0.05) is 38.8 Å². The van der Waals surface area contributed by atoms with E-state index in [-0.39, 0.29) is 24.3 Å². The number of halogens is 3. The van der Waals surface area contributed by atoms with Crippen molar-refractivity contribution in [1.82, 2.24) is 4.90 Å². The Morgan fingerprint density at radius 1 is 1.00 bits per heavy atom. The Morgan fingerprint density at radius 2 is 1.67 bits per heavy atom. The molecule has 2 unspecified atom stereocenters. The summed E-state index contributed by atoms with van der Waals surface area (Å²) in [6.45, 7) is 14.8. The van der Waals surface area contributed by atoms with Gasteiger partial charge in [-0.25, -0.2) is 13.8 Å². The molecule has 6 N–H and O–H groups in total. The molecule has 2 aromatic rings. The fraction of sp³-hybridized carbons (Fsp3) is 0.512. The average Bonchev–Trinajstić information content (AvgIpc) is 3.47. The highest BCUT2D eigenvalue weighted by molar-refractivity contribution is 6.08. The zero-order valence-electron chi connectivity index (χ0n) is 31.6. The molecule has 0 saturated carbocycles. The number of hydrogen-bond acceptors (Lipinski definition) is 6. The summed E-state index contributed by atoms with van der Waals surface area (Å²) in [5.41, 5.74) is 23.1. The van der Waals surface area contributed by atoms with Crippen molar-refractivity contribution in [1.29, 1.82) is 0 Å². The first kappa shape index (κ1) is 43.3. The summed E-state index contributed by atoms with van der Waals surface area (Å²) in [6.07, 6.45) is 11.4. The van der Waals surface area contributed by atoms with Crippen molar-refractivity contribution in [2.75, 3.05) is 38.3 Å². The van der Waals surface area contributed by atoms with Crippen molar-refractivity contribution in [3.05, 3.63) is 95.7 Å². The van der Waals surface area contributed by atoms with Crippen LogP contribution in [0.3, 0.4) is 0 Å². The highest BCUT2D eigenvalue weighted by Crippen LogP contribution is 2.34. The van der Waals surface area contributed by atoms with Crippen LogP contribution in [0.4, 0.5) is 18.9 Å². The molecule has 282 valence electrons. The van der Waals surface area contributed by atoms with Crippen LogP contribution in [0.2, 0.25) is 0 Å². The predicted molar refractivity (Wildman–Crippen MR) is 212 cm³/mol. The van der Waals surface area contributed by atoms with Gasteiger partial charge < -0.3 is 22.1 Å². The largest absolute Gasteiger partial charge is 0.388 e. The number of rotatable bonds is 21. The van der Waals surface area contributed by atoms with Gasteiger partial charge in [0.25, 0.3) is 5.92 Å². The summed E-state index contributed by atoms with van der Waals surface area (Å²) in [4.78, 5) is 13.2. The molecular formula is C41H62F3N7. The lowest BCUT2D eigenvalue weighted by Gasteiger charge is -2.32. The highest BCUT2D eigenvalue weighted by Gasteiger charge is 2.26. The molecular weight excluding hydrogens is 647 g/mol. The van der Waals surface area contributed by atoms with Crippen molar-refractivity contribution in [2.45, 2.75) is 103 Å². The Balaban J connectivity index is 0.00000442. The third-order valence-electron chi connectivity index (χ3n) is 8.89. The predicted octanol–water partition coefficient (Wildman–Crippen LogP) is 9.05. The lowest BCUT2D eigenvalue weighted by atomic mass is 9.96. The molecule has 0 aromatic heterocycles. The third kappa shape index (κ3) is 14.3. The molecule has 0 spiro atoms. The molecule has 7 nitrogen and oxygen atoms in total. The second kappa shape index (κ2) is 22.1. The van der Waals surface area contributed by atoms with Crippen LogP contribution < -0.4 is 22.1 Å². The van der Waals surface area contributed by atoms with Gasteiger partial charge in [0.15, 0.2) is 0 Å². The van der Waals surface area contributed by atoms with Crippen molar-refractivity contribution in [2.24, 2.45) is 27.2 Å². The zero-order chi connectivity index (χ0) is 38.0. The summed E-state index contributed by atoms with van der Waals surface area (Å²) < 4.78 is 42.3. The van der Waals surface area contributed by atoms with Gasteiger partial charge in [0.2, 0.25) is 0 Å². The number of amidine groups is 2. The van der Waals surface area contributed by atoms with Crippen LogP contribution in [-0.2, 0) is 12.3 Å². The van der Waals surface area contributed by atoms with E-state index in [1.807, 2.05) is 30.3 Å². The fourth-order valence-electron chi connectivity index (χ4n) is 6.28. The summed E-state index contributed by atoms with van der Waals surface area (Å²) in [5, 5.41) is 0. The Hall–Kier alpha value is -3.89. The minimum absolute atomic E-state index is 0.0361. The van der Waals surface area contributed by atoms with Gasteiger partial charge in [-0.15, -0.1) is 13.2 Å². The van der Waals surface area contributed by atoms with E-state index in [1.54, 1.807) is 13.0 Å². The molecule has 2 atom stereocenters. The summed E-state index contributed by atoms with van der Waals surface area (Å²) >= 11 is 0. The first-order valence-electron chi connectivity index (χ1n) is 18.3. The summed E-state index contributed by atoms with van der Waals surface area (Å²) in [5.74, 6) is -2.08. The van der Waals surface area contributed by atoms with E-state index in [9.17, 15) is 13.2 Å². The standard InChI is InChI=1S/C39H58F3N7.C2H4/c1-6-11-34(44)14-8-13-29-23-31(25-33(24-29)39(4,41)42)36-26-32(38(45)47-36)27-48(5)35-17-15-30(16-18-35)37(12-7-2)49(21-9-19-40)22-10-20-46-28(3)43;1-2/h15-18,23-27,34,37H,6-14,19-22,44H2,1-5H3,(H2,43,46)(H2,45,47);1-2H2/b32-27-;. The fourth-order valence-corrected chi connectivity index (χ4v) is 6.28. The molecule has 0 fully saturated rings. The molecule has 0 radical (unpaired) electrons. The highest BCUT2D eigenvalue weighted by atomic mass is 19.3. The monoisotopic (exact) mass is 710 g/mol. The van der Waals surface area contributed by atoms with Crippen molar-refractivity contribution in [3.63, 3.8) is 0 Å². The van der Waals surface area contributed by atoms with E-state index in [4.69, 9.17) is 17.2 Å². The molecule has 0 amide bonds. The number of benzene rings is 2. The van der Waals surface area contributed by atoms with E-state index in [0.717, 1.165) is 69.7 Å². The molecule has 1 heterocycles. The van der Waals surface area contributed by atoms with Crippen molar-refractivity contribution >= 4 is 23.1 Å². The maximum atomic E-state index is 14.5. The Morgan fingerprint density at radius 3 is 2.27 bits per heavy atom. The molecule has 0 aliphatic carbocycles. The van der Waals surface area contributed by atoms with E-state index in [0.29, 0.717) is 54.4 Å². The number of anilines is 1. The number of hydrogen-bond donors (Lipinski definition) is 3. The first-order chi connectivity index (χ1) is 24.4. The molecule has 0 saturated heterocycles. The normalized spacial score (nSPS) is 15.3. The van der Waals surface area contributed by atoms with Gasteiger partial charge in [0.1, 0.15) is 5.84 Å². The Kier molecular flexibility index (Phi) is 18.8. The van der Waals surface area contributed by atoms with E-state index in [1.165, 1.54) is 11.6 Å². The number of aliphatic imine (C=N–C) groups is 2. The van der Waals surface area contributed by atoms with Crippen LogP contribution in [0, 0.1) is 0 Å².